The Morgan fingerprint density at radius 1 is 1.10 bits per heavy atom. The summed E-state index contributed by atoms with van der Waals surface area (Å²) in [6, 6.07) is 8.46. The maximum Gasteiger partial charge on any atom is 0.338 e. The molecule has 1 amide bonds. The van der Waals surface area contributed by atoms with Crippen LogP contribution in [0, 0.1) is 6.92 Å². The number of halogens is 1. The highest BCUT2D eigenvalue weighted by Gasteiger charge is 2.22. The fraction of sp³-hybridized carbons (Fsp3) is 0.333. The third-order valence-electron chi connectivity index (χ3n) is 3.93. The van der Waals surface area contributed by atoms with Gasteiger partial charge in [-0.1, -0.05) is 11.6 Å². The van der Waals surface area contributed by atoms with Gasteiger partial charge in [-0.25, -0.2) is 17.9 Å². The predicted molar refractivity (Wildman–Crippen MR) is 118 cm³/mol. The summed E-state index contributed by atoms with van der Waals surface area (Å²) in [7, 11) is -2.28. The quantitative estimate of drug-likeness (QED) is 0.601. The smallest absolute Gasteiger partial charge is 0.338 e. The van der Waals surface area contributed by atoms with Gasteiger partial charge in [-0.05, 0) is 63.6 Å². The Bertz CT molecular complexity index is 1080. The first-order valence-corrected chi connectivity index (χ1v) is 11.1. The number of sulfonamides is 1. The maximum absolute atomic E-state index is 12.3. The zero-order valence-electron chi connectivity index (χ0n) is 17.9. The van der Waals surface area contributed by atoms with Crippen molar-refractivity contribution >= 4 is 39.2 Å². The highest BCUT2D eigenvalue weighted by Crippen LogP contribution is 2.30. The summed E-state index contributed by atoms with van der Waals surface area (Å²) >= 11 is 6.04. The fourth-order valence-corrected chi connectivity index (χ4v) is 4.13. The normalized spacial score (nSPS) is 11.7. The third kappa shape index (κ3) is 6.95. The molecule has 0 spiro atoms. The lowest BCUT2D eigenvalue weighted by molar-refractivity contribution is -0.119. The van der Waals surface area contributed by atoms with Crippen molar-refractivity contribution < 1.29 is 27.5 Å². The molecule has 168 valence electrons. The van der Waals surface area contributed by atoms with E-state index in [0.717, 1.165) is 5.56 Å². The Hall–Kier alpha value is -2.62. The van der Waals surface area contributed by atoms with Crippen molar-refractivity contribution in [1.82, 2.24) is 4.72 Å². The minimum atomic E-state index is -3.72. The molecule has 0 atom stereocenters. The highest BCUT2D eigenvalue weighted by molar-refractivity contribution is 7.89. The number of aryl methyl sites for hydroxylation is 1. The van der Waals surface area contributed by atoms with Crippen LogP contribution in [-0.4, -0.2) is 39.5 Å². The monoisotopic (exact) mass is 468 g/mol. The van der Waals surface area contributed by atoms with E-state index in [-0.39, 0.29) is 10.5 Å². The number of rotatable bonds is 7. The van der Waals surface area contributed by atoms with Crippen molar-refractivity contribution in [3.05, 3.63) is 52.5 Å². The number of methoxy groups -OCH3 is 1. The van der Waals surface area contributed by atoms with Gasteiger partial charge in [0.25, 0.3) is 5.91 Å². The Labute approximate surface area is 186 Å². The summed E-state index contributed by atoms with van der Waals surface area (Å²) in [5, 5.41) is 3.09. The van der Waals surface area contributed by atoms with Gasteiger partial charge in [0.15, 0.2) is 6.61 Å². The molecule has 0 aromatic heterocycles. The molecule has 0 aliphatic carbocycles. The van der Waals surface area contributed by atoms with Crippen LogP contribution >= 0.6 is 11.6 Å². The van der Waals surface area contributed by atoms with Gasteiger partial charge in [0.2, 0.25) is 10.0 Å². The Kier molecular flexibility index (Phi) is 7.69. The van der Waals surface area contributed by atoms with E-state index in [0.29, 0.717) is 16.5 Å². The SMILES string of the molecule is COc1cc(Cl)c(C)cc1NC(=O)COC(=O)c1ccc(S(=O)(=O)NC(C)(C)C)cc1. The van der Waals surface area contributed by atoms with Gasteiger partial charge in [-0.15, -0.1) is 0 Å². The summed E-state index contributed by atoms with van der Waals surface area (Å²) in [6.45, 7) is 6.42. The summed E-state index contributed by atoms with van der Waals surface area (Å²) in [4.78, 5) is 24.4. The highest BCUT2D eigenvalue weighted by atomic mass is 35.5. The van der Waals surface area contributed by atoms with E-state index in [1.54, 1.807) is 39.8 Å². The number of hydrogen-bond donors (Lipinski definition) is 2. The zero-order valence-corrected chi connectivity index (χ0v) is 19.5. The molecule has 0 heterocycles. The molecule has 10 heteroatoms. The number of amides is 1. The Morgan fingerprint density at radius 2 is 1.71 bits per heavy atom. The van der Waals surface area contributed by atoms with E-state index in [1.807, 2.05) is 0 Å². The lowest BCUT2D eigenvalue weighted by atomic mass is 10.1. The molecule has 0 aliphatic rings. The van der Waals surface area contributed by atoms with Gasteiger partial charge in [-0.3, -0.25) is 4.79 Å². The number of ether oxygens (including phenoxy) is 2. The Balaban J connectivity index is 2.00. The van der Waals surface area contributed by atoms with Gasteiger partial charge >= 0.3 is 5.97 Å². The average molecular weight is 469 g/mol. The van der Waals surface area contributed by atoms with Crippen molar-refractivity contribution in [2.75, 3.05) is 19.0 Å². The molecule has 2 aromatic carbocycles. The fourth-order valence-electron chi connectivity index (χ4n) is 2.56. The topological polar surface area (TPSA) is 111 Å². The first-order valence-electron chi connectivity index (χ1n) is 9.27. The van der Waals surface area contributed by atoms with Crippen LogP contribution in [0.1, 0.15) is 36.7 Å². The number of nitrogens with one attached hydrogen (secondary N) is 2. The minimum absolute atomic E-state index is 0.0157. The predicted octanol–water partition coefficient (Wildman–Crippen LogP) is 3.53. The van der Waals surface area contributed by atoms with Crippen LogP contribution in [0.4, 0.5) is 5.69 Å². The number of carbonyl (C=O) groups excluding carboxylic acids is 2. The van der Waals surface area contributed by atoms with E-state index in [9.17, 15) is 18.0 Å². The first-order chi connectivity index (χ1) is 14.3. The van der Waals surface area contributed by atoms with E-state index in [4.69, 9.17) is 21.1 Å². The molecule has 0 fully saturated rings. The third-order valence-corrected chi connectivity index (χ3v) is 6.11. The van der Waals surface area contributed by atoms with E-state index < -0.39 is 34.0 Å². The van der Waals surface area contributed by atoms with Crippen LogP contribution in [0.3, 0.4) is 0 Å². The van der Waals surface area contributed by atoms with Crippen molar-refractivity contribution in [1.29, 1.82) is 0 Å². The molecular formula is C21H25ClN2O6S. The van der Waals surface area contributed by atoms with Gasteiger partial charge in [0.05, 0.1) is 23.3 Å². The number of anilines is 1. The lowest BCUT2D eigenvalue weighted by Gasteiger charge is -2.20. The average Bonchev–Trinajstić information content (AvgIpc) is 2.67. The molecule has 8 nitrogen and oxygen atoms in total. The molecule has 0 radical (unpaired) electrons. The van der Waals surface area contributed by atoms with Crippen LogP contribution in [0.5, 0.6) is 5.75 Å². The number of esters is 1. The molecule has 31 heavy (non-hydrogen) atoms. The van der Waals surface area contributed by atoms with Crippen LogP contribution in [0.15, 0.2) is 41.3 Å². The molecule has 0 bridgehead atoms. The molecule has 2 N–H and O–H groups in total. The van der Waals surface area contributed by atoms with Gasteiger partial charge in [0.1, 0.15) is 5.75 Å². The van der Waals surface area contributed by atoms with Crippen LogP contribution in [-0.2, 0) is 19.6 Å². The first kappa shape index (κ1) is 24.6. The summed E-state index contributed by atoms with van der Waals surface area (Å²) in [5.74, 6) is -0.958. The lowest BCUT2D eigenvalue weighted by Crippen LogP contribution is -2.40. The number of carbonyl (C=O) groups is 2. The maximum atomic E-state index is 12.3. The van der Waals surface area contributed by atoms with Crippen molar-refractivity contribution in [2.24, 2.45) is 0 Å². The molecule has 2 aromatic rings. The van der Waals surface area contributed by atoms with Crippen molar-refractivity contribution in [3.63, 3.8) is 0 Å². The van der Waals surface area contributed by atoms with Gasteiger partial charge in [-0.2, -0.15) is 0 Å². The molecular weight excluding hydrogens is 444 g/mol. The largest absolute Gasteiger partial charge is 0.495 e. The molecule has 0 saturated carbocycles. The Morgan fingerprint density at radius 3 is 2.26 bits per heavy atom. The molecule has 0 unspecified atom stereocenters. The van der Waals surface area contributed by atoms with Gasteiger partial charge in [0, 0.05) is 16.6 Å². The molecule has 2 rings (SSSR count). The van der Waals surface area contributed by atoms with Crippen LogP contribution < -0.4 is 14.8 Å². The zero-order chi connectivity index (χ0) is 23.4. The van der Waals surface area contributed by atoms with Crippen molar-refractivity contribution in [2.45, 2.75) is 38.1 Å². The molecule has 0 saturated heterocycles. The summed E-state index contributed by atoms with van der Waals surface area (Å²) in [5.41, 5.74) is 0.606. The number of hydrogen-bond acceptors (Lipinski definition) is 6. The standard InChI is InChI=1S/C21H25ClN2O6S/c1-13-10-17(18(29-5)11-16(13)22)23-19(25)12-30-20(26)14-6-8-15(9-7-14)31(27,28)24-21(2,3)4/h6-11,24H,12H2,1-5H3,(H,23,25). The second kappa shape index (κ2) is 9.67. The van der Waals surface area contributed by atoms with Crippen LogP contribution in [0.2, 0.25) is 5.02 Å². The molecule has 0 aliphatic heterocycles. The van der Waals surface area contributed by atoms with Gasteiger partial charge < -0.3 is 14.8 Å². The number of benzene rings is 2. The summed E-state index contributed by atoms with van der Waals surface area (Å²) in [6.07, 6.45) is 0. The minimum Gasteiger partial charge on any atom is -0.495 e. The van der Waals surface area contributed by atoms with E-state index >= 15 is 0 Å². The summed E-state index contributed by atoms with van der Waals surface area (Å²) < 4.78 is 37.4. The van der Waals surface area contributed by atoms with Crippen LogP contribution in [0.25, 0.3) is 0 Å². The second-order valence-electron chi connectivity index (χ2n) is 7.81. The van der Waals surface area contributed by atoms with Crippen molar-refractivity contribution in [3.8, 4) is 5.75 Å². The second-order valence-corrected chi connectivity index (χ2v) is 9.90. The van der Waals surface area contributed by atoms with E-state index in [1.165, 1.54) is 31.4 Å². The van der Waals surface area contributed by atoms with E-state index in [2.05, 4.69) is 10.0 Å².